The Morgan fingerprint density at radius 1 is 1.07 bits per heavy atom. The van der Waals surface area contributed by atoms with Crippen LogP contribution in [0.2, 0.25) is 0 Å². The van der Waals surface area contributed by atoms with Crippen molar-refractivity contribution in [1.82, 2.24) is 10.6 Å². The molecule has 2 heterocycles. The number of nitrogens with zero attached hydrogens (tertiary/aromatic N) is 2. The molecule has 1 fully saturated rings. The van der Waals surface area contributed by atoms with E-state index in [1.165, 1.54) is 4.90 Å². The lowest BCUT2D eigenvalue weighted by molar-refractivity contribution is -0.145. The van der Waals surface area contributed by atoms with E-state index in [0.717, 1.165) is 31.2 Å². The summed E-state index contributed by atoms with van der Waals surface area (Å²) in [6.07, 6.45) is 4.49. The number of amides is 2. The molecule has 12 nitrogen and oxygen atoms in total. The van der Waals surface area contributed by atoms with Crippen molar-refractivity contribution in [2.24, 2.45) is 16.5 Å². The SMILES string of the molecule is NC(N)=NCCCCCc1ccc2c(c1)C(=O)NCC(=O)N2c1ccc(COC(=O)C2NC2(C=O)CC=O)cc1. The summed E-state index contributed by atoms with van der Waals surface area (Å²) < 4.78 is 5.30. The first-order valence-corrected chi connectivity index (χ1v) is 13.0. The predicted octanol–water partition coefficient (Wildman–Crippen LogP) is 0.623. The number of aliphatic imine (C=N–C) groups is 1. The van der Waals surface area contributed by atoms with Gasteiger partial charge in [0.25, 0.3) is 11.8 Å². The standard InChI is InChI=1S/C28H32N6O6/c29-27(30)31-12-3-1-2-4-18-7-10-22-21(14-18)25(38)32-15-23(37)34(22)20-8-5-19(6-9-20)16-40-26(39)24-28(17-36,33-24)11-13-35/h5-10,13-14,17,24,33H,1-4,11-12,15-16H2,(H,32,38)(H4,29,30,31). The zero-order valence-electron chi connectivity index (χ0n) is 21.9. The lowest BCUT2D eigenvalue weighted by Crippen LogP contribution is -2.33. The quantitative estimate of drug-likeness (QED) is 0.0692. The number of hydrogen-bond donors (Lipinski definition) is 4. The minimum Gasteiger partial charge on any atom is -0.460 e. The van der Waals surface area contributed by atoms with Gasteiger partial charge in [-0.15, -0.1) is 0 Å². The number of ether oxygens (including phenoxy) is 1. The number of nitrogens with two attached hydrogens (primary N) is 2. The van der Waals surface area contributed by atoms with Gasteiger partial charge in [0.05, 0.1) is 17.8 Å². The third-order valence-corrected chi connectivity index (χ3v) is 6.90. The van der Waals surface area contributed by atoms with Crippen molar-refractivity contribution < 1.29 is 28.7 Å². The molecule has 40 heavy (non-hydrogen) atoms. The molecule has 2 aromatic carbocycles. The number of fused-ring (bicyclic) bond motifs is 1. The second kappa shape index (κ2) is 12.5. The van der Waals surface area contributed by atoms with Crippen molar-refractivity contribution in [2.75, 3.05) is 18.0 Å². The van der Waals surface area contributed by atoms with E-state index < -0.39 is 17.6 Å². The number of rotatable bonds is 13. The highest BCUT2D eigenvalue weighted by atomic mass is 16.5. The summed E-state index contributed by atoms with van der Waals surface area (Å²) in [6, 6.07) is 11.5. The van der Waals surface area contributed by atoms with Gasteiger partial charge in [-0.2, -0.15) is 0 Å². The van der Waals surface area contributed by atoms with Crippen LogP contribution in [0.5, 0.6) is 0 Å². The van der Waals surface area contributed by atoms with Crippen molar-refractivity contribution in [1.29, 1.82) is 0 Å². The molecule has 2 atom stereocenters. The van der Waals surface area contributed by atoms with Gasteiger partial charge in [0.15, 0.2) is 5.96 Å². The van der Waals surface area contributed by atoms with E-state index in [1.807, 2.05) is 12.1 Å². The molecule has 0 aromatic heterocycles. The van der Waals surface area contributed by atoms with Gasteiger partial charge in [-0.1, -0.05) is 24.6 Å². The largest absolute Gasteiger partial charge is 0.460 e. The molecular weight excluding hydrogens is 516 g/mol. The molecule has 4 rings (SSSR count). The second-order valence-corrected chi connectivity index (χ2v) is 9.76. The maximum absolute atomic E-state index is 13.0. The Balaban J connectivity index is 1.41. The number of aryl methyl sites for hydroxylation is 1. The Kier molecular flexibility index (Phi) is 8.90. The molecule has 1 saturated heterocycles. The first-order chi connectivity index (χ1) is 19.3. The lowest BCUT2D eigenvalue weighted by Gasteiger charge is -2.23. The first-order valence-electron chi connectivity index (χ1n) is 13.0. The number of anilines is 2. The lowest BCUT2D eigenvalue weighted by atomic mass is 10.0. The summed E-state index contributed by atoms with van der Waals surface area (Å²) >= 11 is 0. The van der Waals surface area contributed by atoms with Crippen molar-refractivity contribution in [3.8, 4) is 0 Å². The van der Waals surface area contributed by atoms with Gasteiger partial charge < -0.3 is 31.1 Å². The van der Waals surface area contributed by atoms with E-state index in [0.29, 0.717) is 41.6 Å². The van der Waals surface area contributed by atoms with Gasteiger partial charge in [-0.3, -0.25) is 29.6 Å². The Labute approximate surface area is 231 Å². The minimum absolute atomic E-state index is 0.0484. The van der Waals surface area contributed by atoms with Gasteiger partial charge in [-0.25, -0.2) is 0 Å². The van der Waals surface area contributed by atoms with Gasteiger partial charge in [0.1, 0.15) is 30.8 Å². The monoisotopic (exact) mass is 548 g/mol. The Morgan fingerprint density at radius 2 is 1.82 bits per heavy atom. The van der Waals surface area contributed by atoms with E-state index in [1.54, 1.807) is 30.3 Å². The predicted molar refractivity (Wildman–Crippen MR) is 147 cm³/mol. The molecule has 0 bridgehead atoms. The third kappa shape index (κ3) is 6.52. The van der Waals surface area contributed by atoms with E-state index in [4.69, 9.17) is 16.2 Å². The number of carbonyl (C=O) groups excluding carboxylic acids is 5. The Bertz CT molecular complexity index is 1320. The number of esters is 1. The van der Waals surface area contributed by atoms with Crippen LogP contribution < -0.4 is 27.0 Å². The number of guanidine groups is 1. The number of hydrogen-bond acceptors (Lipinski definition) is 8. The third-order valence-electron chi connectivity index (χ3n) is 6.90. The summed E-state index contributed by atoms with van der Waals surface area (Å²) in [6.45, 7) is 0.376. The molecule has 2 amide bonds. The van der Waals surface area contributed by atoms with E-state index in [2.05, 4.69) is 15.6 Å². The van der Waals surface area contributed by atoms with Crippen LogP contribution in [0.4, 0.5) is 11.4 Å². The zero-order chi connectivity index (χ0) is 28.7. The molecule has 0 saturated carbocycles. The maximum atomic E-state index is 13.0. The van der Waals surface area contributed by atoms with Gasteiger partial charge in [-0.05, 0) is 54.7 Å². The fraction of sp³-hybridized carbons (Fsp3) is 0.357. The highest BCUT2D eigenvalue weighted by molar-refractivity contribution is 6.12. The Morgan fingerprint density at radius 3 is 2.52 bits per heavy atom. The number of aldehydes is 2. The minimum atomic E-state index is -1.18. The Hall–Kier alpha value is -4.58. The molecular formula is C28H32N6O6. The van der Waals surface area contributed by atoms with Crippen LogP contribution in [0.15, 0.2) is 47.5 Å². The van der Waals surface area contributed by atoms with Gasteiger partial charge >= 0.3 is 5.97 Å². The van der Waals surface area contributed by atoms with Crippen LogP contribution in [-0.4, -0.2) is 61.0 Å². The highest BCUT2D eigenvalue weighted by Crippen LogP contribution is 2.32. The molecule has 2 aromatic rings. The summed E-state index contributed by atoms with van der Waals surface area (Å²) in [7, 11) is 0. The topological polar surface area (TPSA) is 196 Å². The molecule has 2 aliphatic heterocycles. The molecule has 0 spiro atoms. The molecule has 0 aliphatic carbocycles. The number of unbranched alkanes of at least 4 members (excludes halogenated alkanes) is 2. The summed E-state index contributed by atoms with van der Waals surface area (Å²) in [5.41, 5.74) is 12.6. The van der Waals surface area contributed by atoms with Crippen molar-refractivity contribution in [3.63, 3.8) is 0 Å². The molecule has 12 heteroatoms. The van der Waals surface area contributed by atoms with E-state index in [9.17, 15) is 24.0 Å². The van der Waals surface area contributed by atoms with Gasteiger partial charge in [0.2, 0.25) is 0 Å². The van der Waals surface area contributed by atoms with Crippen LogP contribution in [0.1, 0.15) is 47.2 Å². The van der Waals surface area contributed by atoms with Crippen LogP contribution in [0.25, 0.3) is 0 Å². The summed E-state index contributed by atoms with van der Waals surface area (Å²) in [5.74, 6) is -1.15. The maximum Gasteiger partial charge on any atom is 0.325 e. The van der Waals surface area contributed by atoms with Crippen molar-refractivity contribution in [2.45, 2.75) is 50.3 Å². The van der Waals surface area contributed by atoms with Crippen LogP contribution in [0, 0.1) is 0 Å². The molecule has 2 unspecified atom stereocenters. The smallest absolute Gasteiger partial charge is 0.325 e. The number of benzene rings is 2. The van der Waals surface area contributed by atoms with Crippen molar-refractivity contribution >= 4 is 47.7 Å². The number of carbonyl (C=O) groups is 5. The highest BCUT2D eigenvalue weighted by Gasteiger charge is 2.59. The van der Waals surface area contributed by atoms with Crippen LogP contribution >= 0.6 is 0 Å². The van der Waals surface area contributed by atoms with Crippen LogP contribution in [-0.2, 0) is 36.9 Å². The van der Waals surface area contributed by atoms with E-state index in [-0.39, 0.29) is 37.3 Å². The van der Waals surface area contributed by atoms with Crippen molar-refractivity contribution in [3.05, 3.63) is 59.2 Å². The van der Waals surface area contributed by atoms with Crippen LogP contribution in [0.3, 0.4) is 0 Å². The second-order valence-electron chi connectivity index (χ2n) is 9.76. The summed E-state index contributed by atoms with van der Waals surface area (Å²) in [4.78, 5) is 65.6. The zero-order valence-corrected chi connectivity index (χ0v) is 21.9. The molecule has 0 radical (unpaired) electrons. The fourth-order valence-corrected chi connectivity index (χ4v) is 4.63. The average Bonchev–Trinajstić information content (AvgIpc) is 3.69. The fourth-order valence-electron chi connectivity index (χ4n) is 4.63. The molecule has 2 aliphatic rings. The normalized spacial score (nSPS) is 19.6. The first kappa shape index (κ1) is 28.4. The molecule has 210 valence electrons. The number of nitrogens with one attached hydrogen (secondary N) is 2. The van der Waals surface area contributed by atoms with Gasteiger partial charge in [0, 0.05) is 18.7 Å². The average molecular weight is 549 g/mol. The van der Waals surface area contributed by atoms with E-state index >= 15 is 0 Å². The summed E-state index contributed by atoms with van der Waals surface area (Å²) in [5, 5.41) is 5.38. The molecule has 6 N–H and O–H groups in total.